The SMILES string of the molecule is CC(C)C(N)CC1(C)OCCCO1.CC1(CC(N)C(F)(F)F)OCCCO1.CCCC(N)CC1(C)OCCCO1. The summed E-state index contributed by atoms with van der Waals surface area (Å²) in [6.07, 6.45) is 1.69. The van der Waals surface area contributed by atoms with Gasteiger partial charge in [-0.2, -0.15) is 13.2 Å². The maximum Gasteiger partial charge on any atom is 0.403 e. The topological polar surface area (TPSA) is 133 Å². The summed E-state index contributed by atoms with van der Waals surface area (Å²) < 4.78 is 69.0. The van der Waals surface area contributed by atoms with Gasteiger partial charge in [-0.15, -0.1) is 0 Å². The summed E-state index contributed by atoms with van der Waals surface area (Å²) in [5.74, 6) is -1.58. The van der Waals surface area contributed by atoms with Crippen LogP contribution in [0, 0.1) is 5.92 Å². The van der Waals surface area contributed by atoms with Crippen molar-refractivity contribution in [3.05, 3.63) is 0 Å². The van der Waals surface area contributed by atoms with Crippen LogP contribution in [-0.2, 0) is 28.4 Å². The third-order valence-electron chi connectivity index (χ3n) is 7.08. The Bertz CT molecular complexity index is 668. The van der Waals surface area contributed by atoms with Crippen molar-refractivity contribution in [2.45, 2.75) is 135 Å². The van der Waals surface area contributed by atoms with Gasteiger partial charge in [0.25, 0.3) is 0 Å². The van der Waals surface area contributed by atoms with E-state index < -0.39 is 29.6 Å². The normalized spacial score (nSPS) is 24.5. The molecular weight excluding hydrogens is 531 g/mol. The molecule has 0 aliphatic carbocycles. The van der Waals surface area contributed by atoms with Crippen molar-refractivity contribution < 1.29 is 41.6 Å². The van der Waals surface area contributed by atoms with Gasteiger partial charge in [-0.3, -0.25) is 0 Å². The number of ether oxygens (including phenoxy) is 6. The van der Waals surface area contributed by atoms with Gasteiger partial charge in [-0.25, -0.2) is 0 Å². The monoisotopic (exact) mass is 587 g/mol. The third kappa shape index (κ3) is 15.1. The van der Waals surface area contributed by atoms with Gasteiger partial charge in [0.05, 0.1) is 39.6 Å². The van der Waals surface area contributed by atoms with Gasteiger partial charge in [-0.05, 0) is 52.4 Å². The van der Waals surface area contributed by atoms with E-state index in [1.165, 1.54) is 6.92 Å². The number of halogens is 3. The van der Waals surface area contributed by atoms with Crippen molar-refractivity contribution in [3.63, 3.8) is 0 Å². The molecule has 240 valence electrons. The molecule has 0 saturated carbocycles. The predicted octanol–water partition coefficient (Wildman–Crippen LogP) is 4.59. The first-order valence-electron chi connectivity index (χ1n) is 14.7. The van der Waals surface area contributed by atoms with Crippen LogP contribution in [0.5, 0.6) is 0 Å². The van der Waals surface area contributed by atoms with Crippen molar-refractivity contribution in [1.82, 2.24) is 0 Å². The van der Waals surface area contributed by atoms with Gasteiger partial charge in [0.15, 0.2) is 17.4 Å². The molecule has 3 saturated heterocycles. The molecule has 0 aromatic heterocycles. The second kappa shape index (κ2) is 17.5. The van der Waals surface area contributed by atoms with Crippen LogP contribution >= 0.6 is 0 Å². The fraction of sp³-hybridized carbons (Fsp3) is 1.00. The van der Waals surface area contributed by atoms with Crippen molar-refractivity contribution in [3.8, 4) is 0 Å². The molecule has 40 heavy (non-hydrogen) atoms. The van der Waals surface area contributed by atoms with Gasteiger partial charge in [0.1, 0.15) is 6.04 Å². The highest BCUT2D eigenvalue weighted by atomic mass is 19.4. The Morgan fingerprint density at radius 2 is 1.00 bits per heavy atom. The molecule has 0 aromatic carbocycles. The molecule has 0 radical (unpaired) electrons. The van der Waals surface area contributed by atoms with Crippen LogP contribution in [0.15, 0.2) is 0 Å². The van der Waals surface area contributed by atoms with Crippen LogP contribution < -0.4 is 17.2 Å². The summed E-state index contributed by atoms with van der Waals surface area (Å²) in [6, 6.07) is -1.54. The van der Waals surface area contributed by atoms with E-state index in [1.807, 2.05) is 13.8 Å². The molecule has 3 aliphatic rings. The lowest BCUT2D eigenvalue weighted by Gasteiger charge is -2.36. The Balaban J connectivity index is 0.000000300. The summed E-state index contributed by atoms with van der Waals surface area (Å²) >= 11 is 0. The third-order valence-corrected chi connectivity index (χ3v) is 7.08. The fourth-order valence-electron chi connectivity index (χ4n) is 4.51. The molecule has 6 N–H and O–H groups in total. The highest BCUT2D eigenvalue weighted by molar-refractivity contribution is 4.80. The minimum Gasteiger partial charge on any atom is -0.350 e. The van der Waals surface area contributed by atoms with Gasteiger partial charge in [0, 0.05) is 31.3 Å². The summed E-state index contributed by atoms with van der Waals surface area (Å²) in [5.41, 5.74) is 16.9. The molecule has 9 nitrogen and oxygen atoms in total. The van der Waals surface area contributed by atoms with E-state index in [9.17, 15) is 13.2 Å². The number of rotatable bonds is 9. The van der Waals surface area contributed by atoms with Crippen LogP contribution in [0.1, 0.15) is 92.9 Å². The van der Waals surface area contributed by atoms with Crippen molar-refractivity contribution in [2.24, 2.45) is 23.1 Å². The standard InChI is InChI=1S/2C10H21NO2.C8H14F3NO2/c1-8(2)9(11)7-10(3)12-5-4-6-13-10;1-3-5-9(11)8-10(2)12-6-4-7-13-10;1-7(13-3-2-4-14-7)5-6(12)8(9,10)11/h8-9H,4-7,11H2,1-3H3;9H,3-8,11H2,1-2H3;6H,2-5,12H2,1H3. The maximum atomic E-state index is 12.1. The van der Waals surface area contributed by atoms with Crippen molar-refractivity contribution >= 4 is 0 Å². The summed E-state index contributed by atoms with van der Waals surface area (Å²) in [7, 11) is 0. The van der Waals surface area contributed by atoms with Gasteiger partial charge in [-0.1, -0.05) is 27.2 Å². The van der Waals surface area contributed by atoms with E-state index in [0.29, 0.717) is 25.6 Å². The summed E-state index contributed by atoms with van der Waals surface area (Å²) in [4.78, 5) is 0. The number of hydrogen-bond donors (Lipinski definition) is 3. The van der Waals surface area contributed by atoms with Gasteiger partial charge in [0.2, 0.25) is 0 Å². The lowest BCUT2D eigenvalue weighted by atomic mass is 9.97. The Morgan fingerprint density at radius 1 is 0.650 bits per heavy atom. The second-order valence-corrected chi connectivity index (χ2v) is 11.8. The largest absolute Gasteiger partial charge is 0.403 e. The minimum atomic E-state index is -4.40. The molecule has 12 heteroatoms. The van der Waals surface area contributed by atoms with E-state index in [-0.39, 0.29) is 18.5 Å². The minimum absolute atomic E-state index is 0.156. The Kier molecular flexibility index (Phi) is 16.4. The zero-order chi connectivity index (χ0) is 30.5. The number of hydrogen-bond acceptors (Lipinski definition) is 9. The number of alkyl halides is 3. The molecule has 0 spiro atoms. The van der Waals surface area contributed by atoms with Crippen LogP contribution in [-0.4, -0.2) is 81.3 Å². The van der Waals surface area contributed by atoms with Crippen molar-refractivity contribution in [2.75, 3.05) is 39.6 Å². The Labute approximate surface area is 239 Å². The van der Waals surface area contributed by atoms with Crippen LogP contribution in [0.2, 0.25) is 0 Å². The smallest absolute Gasteiger partial charge is 0.350 e. The molecule has 3 atom stereocenters. The maximum absolute atomic E-state index is 12.1. The molecule has 0 aromatic rings. The lowest BCUT2D eigenvalue weighted by Crippen LogP contribution is -2.48. The molecule has 3 aliphatic heterocycles. The second-order valence-electron chi connectivity index (χ2n) is 11.8. The van der Waals surface area contributed by atoms with E-state index in [0.717, 1.165) is 65.0 Å². The molecule has 3 heterocycles. The van der Waals surface area contributed by atoms with Crippen LogP contribution in [0.3, 0.4) is 0 Å². The zero-order valence-electron chi connectivity index (χ0n) is 25.5. The van der Waals surface area contributed by atoms with Crippen LogP contribution in [0.4, 0.5) is 13.2 Å². The van der Waals surface area contributed by atoms with Gasteiger partial charge < -0.3 is 45.6 Å². The van der Waals surface area contributed by atoms with Crippen LogP contribution in [0.25, 0.3) is 0 Å². The highest BCUT2D eigenvalue weighted by Crippen LogP contribution is 2.30. The van der Waals surface area contributed by atoms with E-state index in [4.69, 9.17) is 45.6 Å². The van der Waals surface area contributed by atoms with Crippen molar-refractivity contribution in [1.29, 1.82) is 0 Å². The summed E-state index contributed by atoms with van der Waals surface area (Å²) in [6.45, 7) is 15.9. The first kappa shape index (κ1) is 37.5. The predicted molar refractivity (Wildman–Crippen MR) is 148 cm³/mol. The number of nitrogens with two attached hydrogens (primary N) is 3. The average Bonchev–Trinajstić information content (AvgIpc) is 2.85. The quantitative estimate of drug-likeness (QED) is 0.354. The first-order valence-corrected chi connectivity index (χ1v) is 14.7. The molecule has 0 amide bonds. The average molecular weight is 588 g/mol. The Morgan fingerprint density at radius 3 is 1.32 bits per heavy atom. The highest BCUT2D eigenvalue weighted by Gasteiger charge is 2.43. The fourth-order valence-corrected chi connectivity index (χ4v) is 4.51. The molecule has 3 rings (SSSR count). The molecule has 0 bridgehead atoms. The zero-order valence-corrected chi connectivity index (χ0v) is 25.5. The van der Waals surface area contributed by atoms with E-state index in [2.05, 4.69) is 20.8 Å². The summed E-state index contributed by atoms with van der Waals surface area (Å²) in [5, 5.41) is 0. The van der Waals surface area contributed by atoms with E-state index in [1.54, 1.807) is 0 Å². The lowest BCUT2D eigenvalue weighted by molar-refractivity contribution is -0.273. The molecule has 3 fully saturated rings. The molecule has 3 unspecified atom stereocenters. The van der Waals surface area contributed by atoms with E-state index >= 15 is 0 Å². The molecular formula is C28H56F3N3O6. The Hall–Kier alpha value is -0.570. The van der Waals surface area contributed by atoms with Gasteiger partial charge >= 0.3 is 6.18 Å². The first-order chi connectivity index (χ1) is 18.5.